The lowest BCUT2D eigenvalue weighted by molar-refractivity contribution is 0.475. The van der Waals surface area contributed by atoms with Gasteiger partial charge in [-0.05, 0) is 24.6 Å². The van der Waals surface area contributed by atoms with E-state index in [2.05, 4.69) is 15.3 Å². The van der Waals surface area contributed by atoms with Crippen molar-refractivity contribution in [3.8, 4) is 5.75 Å². The van der Waals surface area contributed by atoms with E-state index < -0.39 is 0 Å². The summed E-state index contributed by atoms with van der Waals surface area (Å²) in [7, 11) is 0. The van der Waals surface area contributed by atoms with E-state index in [4.69, 9.17) is 11.5 Å². The summed E-state index contributed by atoms with van der Waals surface area (Å²) in [5.41, 5.74) is 12.7. The van der Waals surface area contributed by atoms with E-state index >= 15 is 0 Å². The molecular formula is C12H15N5O. The monoisotopic (exact) mass is 245 g/mol. The van der Waals surface area contributed by atoms with Crippen LogP contribution in [0.15, 0.2) is 30.6 Å². The molecule has 1 aromatic carbocycles. The molecule has 0 saturated carbocycles. The minimum absolute atomic E-state index is 0.0119. The van der Waals surface area contributed by atoms with Crippen molar-refractivity contribution >= 4 is 17.3 Å². The quantitative estimate of drug-likeness (QED) is 0.652. The van der Waals surface area contributed by atoms with Crippen LogP contribution in [0.1, 0.15) is 18.5 Å². The highest BCUT2D eigenvalue weighted by Crippen LogP contribution is 2.25. The average molecular weight is 245 g/mol. The zero-order chi connectivity index (χ0) is 13.1. The van der Waals surface area contributed by atoms with Crippen LogP contribution in [0.5, 0.6) is 5.75 Å². The minimum Gasteiger partial charge on any atom is -0.508 e. The first-order chi connectivity index (χ1) is 8.58. The molecule has 6 nitrogen and oxygen atoms in total. The molecule has 0 bridgehead atoms. The molecule has 0 saturated heterocycles. The molecule has 0 aliphatic carbocycles. The third kappa shape index (κ3) is 2.42. The normalized spacial score (nSPS) is 12.1. The second kappa shape index (κ2) is 4.79. The number of nitrogen functional groups attached to an aromatic ring is 2. The summed E-state index contributed by atoms with van der Waals surface area (Å²) < 4.78 is 0. The Morgan fingerprint density at radius 2 is 1.83 bits per heavy atom. The first kappa shape index (κ1) is 12.0. The topological polar surface area (TPSA) is 110 Å². The lowest BCUT2D eigenvalue weighted by Crippen LogP contribution is -2.11. The SMILES string of the molecule is CC(Nc1ncnc(N)c1N)c1ccc(O)cc1. The molecule has 1 atom stereocenters. The number of nitrogens with zero attached hydrogens (tertiary/aromatic N) is 2. The van der Waals surface area contributed by atoms with Crippen molar-refractivity contribution in [2.45, 2.75) is 13.0 Å². The molecule has 1 heterocycles. The van der Waals surface area contributed by atoms with Gasteiger partial charge in [-0.15, -0.1) is 0 Å². The number of nitrogens with two attached hydrogens (primary N) is 2. The van der Waals surface area contributed by atoms with Crippen molar-refractivity contribution < 1.29 is 5.11 Å². The Balaban J connectivity index is 2.18. The van der Waals surface area contributed by atoms with E-state index in [1.165, 1.54) is 6.33 Å². The van der Waals surface area contributed by atoms with Crippen LogP contribution in [0.3, 0.4) is 0 Å². The summed E-state index contributed by atoms with van der Waals surface area (Å²) in [6.45, 7) is 1.96. The number of hydrogen-bond donors (Lipinski definition) is 4. The summed E-state index contributed by atoms with van der Waals surface area (Å²) in [6.07, 6.45) is 1.36. The predicted octanol–water partition coefficient (Wildman–Crippen LogP) is 1.52. The fourth-order valence-corrected chi connectivity index (χ4v) is 1.58. The standard InChI is InChI=1S/C12H15N5O/c1-7(8-2-4-9(18)5-3-8)17-12-10(13)11(14)15-6-16-12/h2-7,18H,13H2,1H3,(H3,14,15,16,17). The van der Waals surface area contributed by atoms with E-state index in [0.29, 0.717) is 11.5 Å². The Hall–Kier alpha value is -2.50. The summed E-state index contributed by atoms with van der Waals surface area (Å²) in [4.78, 5) is 7.85. The number of benzene rings is 1. The van der Waals surface area contributed by atoms with Crippen molar-refractivity contribution in [2.75, 3.05) is 16.8 Å². The molecule has 2 aromatic rings. The summed E-state index contributed by atoms with van der Waals surface area (Å²) in [5.74, 6) is 0.991. The number of phenolic OH excluding ortho intramolecular Hbond substituents is 1. The van der Waals surface area contributed by atoms with Crippen molar-refractivity contribution in [1.82, 2.24) is 9.97 Å². The average Bonchev–Trinajstić information content (AvgIpc) is 2.36. The number of rotatable bonds is 3. The highest BCUT2D eigenvalue weighted by molar-refractivity contribution is 5.72. The highest BCUT2D eigenvalue weighted by Gasteiger charge is 2.10. The number of aromatic nitrogens is 2. The second-order valence-corrected chi connectivity index (χ2v) is 3.98. The Morgan fingerprint density at radius 3 is 2.50 bits per heavy atom. The molecule has 94 valence electrons. The van der Waals surface area contributed by atoms with E-state index in [0.717, 1.165) is 5.56 Å². The lowest BCUT2D eigenvalue weighted by atomic mass is 10.1. The molecule has 1 unspecified atom stereocenters. The van der Waals surface area contributed by atoms with Crippen LogP contribution in [-0.2, 0) is 0 Å². The van der Waals surface area contributed by atoms with Gasteiger partial charge in [0, 0.05) is 0 Å². The zero-order valence-corrected chi connectivity index (χ0v) is 9.96. The van der Waals surface area contributed by atoms with Crippen LogP contribution in [0, 0.1) is 0 Å². The predicted molar refractivity (Wildman–Crippen MR) is 71.0 cm³/mol. The largest absolute Gasteiger partial charge is 0.508 e. The van der Waals surface area contributed by atoms with Crippen LogP contribution in [-0.4, -0.2) is 15.1 Å². The maximum Gasteiger partial charge on any atom is 0.155 e. The molecule has 1 aromatic heterocycles. The summed E-state index contributed by atoms with van der Waals surface area (Å²) in [6, 6.07) is 6.90. The van der Waals surface area contributed by atoms with Gasteiger partial charge < -0.3 is 21.9 Å². The number of nitrogens with one attached hydrogen (secondary N) is 1. The molecule has 0 fully saturated rings. The zero-order valence-electron chi connectivity index (χ0n) is 9.96. The molecule has 6 heteroatoms. The highest BCUT2D eigenvalue weighted by atomic mass is 16.3. The van der Waals surface area contributed by atoms with E-state index in [-0.39, 0.29) is 17.6 Å². The smallest absolute Gasteiger partial charge is 0.155 e. The number of hydrogen-bond acceptors (Lipinski definition) is 6. The summed E-state index contributed by atoms with van der Waals surface area (Å²) >= 11 is 0. The van der Waals surface area contributed by atoms with Gasteiger partial charge in [0.1, 0.15) is 17.8 Å². The molecule has 6 N–H and O–H groups in total. The number of aromatic hydroxyl groups is 1. The molecule has 0 aliphatic heterocycles. The van der Waals surface area contributed by atoms with E-state index in [9.17, 15) is 5.11 Å². The van der Waals surface area contributed by atoms with Gasteiger partial charge in [-0.3, -0.25) is 0 Å². The lowest BCUT2D eigenvalue weighted by Gasteiger charge is -2.16. The van der Waals surface area contributed by atoms with Gasteiger partial charge in [0.2, 0.25) is 0 Å². The molecule has 2 rings (SSSR count). The molecule has 0 spiro atoms. The van der Waals surface area contributed by atoms with E-state index in [1.54, 1.807) is 12.1 Å². The van der Waals surface area contributed by atoms with Gasteiger partial charge in [-0.2, -0.15) is 0 Å². The number of anilines is 3. The van der Waals surface area contributed by atoms with E-state index in [1.807, 2.05) is 19.1 Å². The van der Waals surface area contributed by atoms with Crippen molar-refractivity contribution in [3.63, 3.8) is 0 Å². The van der Waals surface area contributed by atoms with Gasteiger partial charge in [-0.1, -0.05) is 12.1 Å². The Bertz CT molecular complexity index is 541. The van der Waals surface area contributed by atoms with Crippen molar-refractivity contribution in [2.24, 2.45) is 0 Å². The molecule has 0 aliphatic rings. The maximum absolute atomic E-state index is 9.23. The van der Waals surface area contributed by atoms with Gasteiger partial charge in [-0.25, -0.2) is 9.97 Å². The third-order valence-corrected chi connectivity index (χ3v) is 2.66. The Labute approximate surface area is 105 Å². The Morgan fingerprint density at radius 1 is 1.17 bits per heavy atom. The van der Waals surface area contributed by atoms with Crippen molar-refractivity contribution in [1.29, 1.82) is 0 Å². The van der Waals surface area contributed by atoms with Gasteiger partial charge in [0.15, 0.2) is 11.6 Å². The van der Waals surface area contributed by atoms with Crippen LogP contribution in [0.4, 0.5) is 17.3 Å². The van der Waals surface area contributed by atoms with Crippen LogP contribution in [0.2, 0.25) is 0 Å². The van der Waals surface area contributed by atoms with Crippen LogP contribution in [0.25, 0.3) is 0 Å². The van der Waals surface area contributed by atoms with Gasteiger partial charge in [0.25, 0.3) is 0 Å². The fourth-order valence-electron chi connectivity index (χ4n) is 1.58. The van der Waals surface area contributed by atoms with Gasteiger partial charge in [0.05, 0.1) is 6.04 Å². The Kier molecular flexibility index (Phi) is 3.18. The second-order valence-electron chi connectivity index (χ2n) is 3.98. The first-order valence-corrected chi connectivity index (χ1v) is 5.49. The molecule has 18 heavy (non-hydrogen) atoms. The fraction of sp³-hybridized carbons (Fsp3) is 0.167. The summed E-state index contributed by atoms with van der Waals surface area (Å²) in [5, 5.41) is 12.4. The van der Waals surface area contributed by atoms with Gasteiger partial charge >= 0.3 is 0 Å². The molecule has 0 radical (unpaired) electrons. The molecule has 0 amide bonds. The maximum atomic E-state index is 9.23. The molecular weight excluding hydrogens is 230 g/mol. The third-order valence-electron chi connectivity index (χ3n) is 2.66. The van der Waals surface area contributed by atoms with Crippen LogP contribution < -0.4 is 16.8 Å². The van der Waals surface area contributed by atoms with Crippen LogP contribution >= 0.6 is 0 Å². The number of phenols is 1. The minimum atomic E-state index is -0.0119. The van der Waals surface area contributed by atoms with Crippen molar-refractivity contribution in [3.05, 3.63) is 36.2 Å². The first-order valence-electron chi connectivity index (χ1n) is 5.49.